The summed E-state index contributed by atoms with van der Waals surface area (Å²) in [5.41, 5.74) is 0.834. The van der Waals surface area contributed by atoms with Crippen molar-refractivity contribution in [1.82, 2.24) is 10.2 Å². The van der Waals surface area contributed by atoms with E-state index in [4.69, 9.17) is 4.74 Å². The van der Waals surface area contributed by atoms with Crippen molar-refractivity contribution < 1.29 is 23.9 Å². The van der Waals surface area contributed by atoms with Crippen molar-refractivity contribution in [3.05, 3.63) is 46.7 Å². The number of likely N-dealkylation sites (tertiary alicyclic amines) is 1. The van der Waals surface area contributed by atoms with Crippen molar-refractivity contribution >= 4 is 46.5 Å². The number of thiophene rings is 1. The molecule has 0 bridgehead atoms. The van der Waals surface area contributed by atoms with Crippen LogP contribution in [0.3, 0.4) is 0 Å². The van der Waals surface area contributed by atoms with E-state index in [0.717, 1.165) is 18.4 Å². The van der Waals surface area contributed by atoms with Crippen molar-refractivity contribution in [2.24, 2.45) is 11.8 Å². The van der Waals surface area contributed by atoms with E-state index in [-0.39, 0.29) is 35.7 Å². The Hall–Kier alpha value is -3.40. The van der Waals surface area contributed by atoms with Gasteiger partial charge < -0.3 is 20.3 Å². The molecule has 222 valence electrons. The zero-order valence-electron chi connectivity index (χ0n) is 24.9. The van der Waals surface area contributed by atoms with Crippen LogP contribution in [0.4, 0.5) is 16.2 Å². The molecule has 2 fully saturated rings. The van der Waals surface area contributed by atoms with Gasteiger partial charge in [-0.05, 0) is 114 Å². The second-order valence-electron chi connectivity index (χ2n) is 13.0. The van der Waals surface area contributed by atoms with Crippen molar-refractivity contribution in [3.63, 3.8) is 0 Å². The molecule has 0 spiro atoms. The van der Waals surface area contributed by atoms with E-state index in [1.165, 1.54) is 11.3 Å². The molecule has 0 radical (unpaired) electrons. The van der Waals surface area contributed by atoms with Crippen LogP contribution in [-0.4, -0.2) is 52.9 Å². The smallest absolute Gasteiger partial charge is 0.410 e. The molecule has 2 aliphatic rings. The maximum atomic E-state index is 14.3. The van der Waals surface area contributed by atoms with Crippen molar-refractivity contribution in [1.29, 1.82) is 0 Å². The molecule has 10 heteroatoms. The topological polar surface area (TPSA) is 108 Å². The number of hydrogen-bond acceptors (Lipinski definition) is 6. The number of nitrogens with zero attached hydrogens (tertiary/aromatic N) is 2. The number of carbonyl (C=O) groups is 4. The molecule has 4 amide bonds. The van der Waals surface area contributed by atoms with Crippen LogP contribution in [0.2, 0.25) is 0 Å². The highest BCUT2D eigenvalue weighted by Crippen LogP contribution is 2.35. The first-order chi connectivity index (χ1) is 19.2. The van der Waals surface area contributed by atoms with E-state index in [9.17, 15) is 19.2 Å². The average Bonchev–Trinajstić information content (AvgIpc) is 3.61. The van der Waals surface area contributed by atoms with Gasteiger partial charge in [-0.25, -0.2) is 4.79 Å². The van der Waals surface area contributed by atoms with E-state index in [0.29, 0.717) is 37.3 Å². The van der Waals surface area contributed by atoms with Crippen molar-refractivity contribution in [2.75, 3.05) is 23.3 Å². The van der Waals surface area contributed by atoms with Crippen molar-refractivity contribution in [2.45, 2.75) is 84.4 Å². The van der Waals surface area contributed by atoms with Gasteiger partial charge in [-0.3, -0.25) is 19.3 Å². The third-order valence-corrected chi connectivity index (χ3v) is 7.66. The van der Waals surface area contributed by atoms with Crippen LogP contribution >= 0.6 is 11.3 Å². The molecule has 1 aromatic carbocycles. The van der Waals surface area contributed by atoms with Crippen LogP contribution in [0.15, 0.2) is 41.1 Å². The number of amides is 4. The Bertz CT molecular complexity index is 1230. The number of hydrogen-bond donors (Lipinski definition) is 2. The second-order valence-corrected chi connectivity index (χ2v) is 13.7. The lowest BCUT2D eigenvalue weighted by Gasteiger charge is -2.38. The summed E-state index contributed by atoms with van der Waals surface area (Å²) in [6.07, 6.45) is 2.35. The molecule has 1 aliphatic carbocycles. The summed E-state index contributed by atoms with van der Waals surface area (Å²) in [4.78, 5) is 56.2. The summed E-state index contributed by atoms with van der Waals surface area (Å²) in [5.74, 6) is -0.761. The lowest BCUT2D eigenvalue weighted by Crippen LogP contribution is -2.52. The molecule has 1 atom stereocenters. The van der Waals surface area contributed by atoms with Crippen LogP contribution in [0.5, 0.6) is 0 Å². The number of rotatable bonds is 7. The van der Waals surface area contributed by atoms with Crippen molar-refractivity contribution in [3.8, 4) is 0 Å². The highest BCUT2D eigenvalue weighted by molar-refractivity contribution is 7.08. The van der Waals surface area contributed by atoms with Gasteiger partial charge in [-0.2, -0.15) is 11.3 Å². The quantitative estimate of drug-likeness (QED) is 0.433. The summed E-state index contributed by atoms with van der Waals surface area (Å²) >= 11 is 1.47. The summed E-state index contributed by atoms with van der Waals surface area (Å²) in [5, 5.41) is 9.78. The zero-order chi connectivity index (χ0) is 29.9. The Balaban J connectivity index is 1.62. The van der Waals surface area contributed by atoms with Gasteiger partial charge in [-0.15, -0.1) is 0 Å². The van der Waals surface area contributed by atoms with Gasteiger partial charge in [0.2, 0.25) is 17.7 Å². The molecule has 2 aromatic rings. The van der Waals surface area contributed by atoms with Gasteiger partial charge >= 0.3 is 6.09 Å². The molecule has 2 N–H and O–H groups in total. The number of anilines is 2. The third kappa shape index (κ3) is 8.31. The predicted molar refractivity (Wildman–Crippen MR) is 161 cm³/mol. The van der Waals surface area contributed by atoms with E-state index in [2.05, 4.69) is 10.6 Å². The molecule has 9 nitrogen and oxygen atoms in total. The highest BCUT2D eigenvalue weighted by Gasteiger charge is 2.39. The first kappa shape index (κ1) is 30.6. The Kier molecular flexibility index (Phi) is 9.11. The number of nitrogens with one attached hydrogen (secondary N) is 2. The van der Waals surface area contributed by atoms with Gasteiger partial charge in [0.05, 0.1) is 0 Å². The molecule has 1 aromatic heterocycles. The lowest BCUT2D eigenvalue weighted by atomic mass is 9.93. The Morgan fingerprint density at radius 3 is 2.07 bits per heavy atom. The Labute approximate surface area is 246 Å². The Morgan fingerprint density at radius 2 is 1.56 bits per heavy atom. The second kappa shape index (κ2) is 12.2. The fourth-order valence-corrected chi connectivity index (χ4v) is 5.50. The molecule has 1 aliphatic heterocycles. The zero-order valence-corrected chi connectivity index (χ0v) is 25.7. The molecular weight excluding hydrogens is 540 g/mol. The van der Waals surface area contributed by atoms with Crippen LogP contribution in [0, 0.1) is 11.8 Å². The normalized spacial score (nSPS) is 17.0. The molecule has 41 heavy (non-hydrogen) atoms. The van der Waals surface area contributed by atoms with Gasteiger partial charge in [0.15, 0.2) is 0 Å². The standard InChI is InChI=1S/C31H42N4O5S/c1-30(2,3)33-27(37)25(22-15-18-41-19-22)35(24-11-9-23(10-12-24)32-26(36)20-7-8-20)28(38)21-13-16-34(17-14-21)29(39)40-31(4,5)6/h9-12,15,18-21,25H,7-8,13-14,16-17H2,1-6H3,(H,32,36)(H,33,37). The monoisotopic (exact) mass is 582 g/mol. The number of carbonyl (C=O) groups excluding carboxylic acids is 4. The summed E-state index contributed by atoms with van der Waals surface area (Å²) in [6, 6.07) is 8.08. The maximum Gasteiger partial charge on any atom is 0.410 e. The fourth-order valence-electron chi connectivity index (χ4n) is 4.82. The summed E-state index contributed by atoms with van der Waals surface area (Å²) in [6.45, 7) is 12.0. The van der Waals surface area contributed by atoms with Crippen LogP contribution in [-0.2, 0) is 19.1 Å². The van der Waals surface area contributed by atoms with Gasteiger partial charge in [0.25, 0.3) is 0 Å². The fraction of sp³-hybridized carbons (Fsp3) is 0.548. The number of benzene rings is 1. The Morgan fingerprint density at radius 1 is 0.927 bits per heavy atom. The minimum atomic E-state index is -0.885. The minimum Gasteiger partial charge on any atom is -0.444 e. The summed E-state index contributed by atoms with van der Waals surface area (Å²) in [7, 11) is 0. The average molecular weight is 583 g/mol. The van der Waals surface area contributed by atoms with E-state index >= 15 is 0 Å². The van der Waals surface area contributed by atoms with Gasteiger partial charge in [-0.1, -0.05) is 0 Å². The van der Waals surface area contributed by atoms with Crippen LogP contribution in [0.1, 0.15) is 78.8 Å². The third-order valence-electron chi connectivity index (χ3n) is 6.96. The van der Waals surface area contributed by atoms with Gasteiger partial charge in [0.1, 0.15) is 11.6 Å². The first-order valence-electron chi connectivity index (χ1n) is 14.3. The molecule has 1 unspecified atom stereocenters. The maximum absolute atomic E-state index is 14.3. The number of piperidine rings is 1. The van der Waals surface area contributed by atoms with E-state index < -0.39 is 17.2 Å². The highest BCUT2D eigenvalue weighted by atomic mass is 32.1. The molecular formula is C31H42N4O5S. The largest absolute Gasteiger partial charge is 0.444 e. The molecule has 1 saturated carbocycles. The van der Waals surface area contributed by atoms with E-state index in [1.807, 2.05) is 58.4 Å². The van der Waals surface area contributed by atoms with E-state index in [1.54, 1.807) is 34.1 Å². The molecule has 2 heterocycles. The predicted octanol–water partition coefficient (Wildman–Crippen LogP) is 5.73. The first-order valence-corrected chi connectivity index (χ1v) is 15.2. The van der Waals surface area contributed by atoms with Crippen LogP contribution in [0.25, 0.3) is 0 Å². The molecule has 4 rings (SSSR count). The van der Waals surface area contributed by atoms with Gasteiger partial charge in [0, 0.05) is 41.8 Å². The van der Waals surface area contributed by atoms with Crippen LogP contribution < -0.4 is 15.5 Å². The SMILES string of the molecule is CC(C)(C)NC(=O)C(c1ccsc1)N(C(=O)C1CCN(C(=O)OC(C)(C)C)CC1)c1ccc(NC(=O)C2CC2)cc1. The lowest BCUT2D eigenvalue weighted by molar-refractivity contribution is -0.130. The summed E-state index contributed by atoms with van der Waals surface area (Å²) < 4.78 is 5.52. The number of ether oxygens (including phenoxy) is 1. The molecule has 1 saturated heterocycles. The minimum absolute atomic E-state index is 0.00290.